The number of thiazole rings is 1. The molecule has 1 aliphatic heterocycles. The van der Waals surface area contributed by atoms with Crippen LogP contribution in [0.3, 0.4) is 0 Å². The molecule has 28 heavy (non-hydrogen) atoms. The molecule has 5 nitrogen and oxygen atoms in total. The first-order valence-electron chi connectivity index (χ1n) is 8.60. The fraction of sp³-hybridized carbons (Fsp3) is 0.211. The van der Waals surface area contributed by atoms with Crippen LogP contribution in [0.15, 0.2) is 35.8 Å². The maximum absolute atomic E-state index is 12.9. The van der Waals surface area contributed by atoms with E-state index in [4.69, 9.17) is 23.2 Å². The fourth-order valence-electron chi connectivity index (χ4n) is 2.87. The molecule has 1 amide bonds. The van der Waals surface area contributed by atoms with E-state index in [9.17, 15) is 4.79 Å². The van der Waals surface area contributed by atoms with Crippen molar-refractivity contribution in [2.75, 3.05) is 21.9 Å². The Morgan fingerprint density at radius 1 is 1.25 bits per heavy atom. The van der Waals surface area contributed by atoms with Crippen LogP contribution in [-0.2, 0) is 0 Å². The van der Waals surface area contributed by atoms with Crippen LogP contribution in [0.1, 0.15) is 21.8 Å². The Labute approximate surface area is 181 Å². The van der Waals surface area contributed by atoms with Gasteiger partial charge >= 0.3 is 0 Å². The summed E-state index contributed by atoms with van der Waals surface area (Å²) >= 11 is 15.8. The summed E-state index contributed by atoms with van der Waals surface area (Å²) in [7, 11) is 0. The lowest BCUT2D eigenvalue weighted by Crippen LogP contribution is -2.16. The van der Waals surface area contributed by atoms with Crippen LogP contribution >= 0.6 is 46.5 Å². The highest BCUT2D eigenvalue weighted by atomic mass is 35.5. The zero-order valence-electron chi connectivity index (χ0n) is 14.9. The summed E-state index contributed by atoms with van der Waals surface area (Å²) in [5, 5.41) is 6.65. The van der Waals surface area contributed by atoms with Gasteiger partial charge in [-0.15, -0.1) is 11.3 Å². The van der Waals surface area contributed by atoms with Gasteiger partial charge in [-0.1, -0.05) is 23.2 Å². The lowest BCUT2D eigenvalue weighted by Gasteiger charge is -2.16. The average molecular weight is 451 g/mol. The van der Waals surface area contributed by atoms with Gasteiger partial charge < -0.3 is 9.62 Å². The van der Waals surface area contributed by atoms with Crippen molar-refractivity contribution >= 4 is 63.9 Å². The van der Waals surface area contributed by atoms with E-state index in [-0.39, 0.29) is 5.91 Å². The molecule has 0 aliphatic carbocycles. The standard InChI is InChI=1S/C19H16Cl2N4OS2/c1-11-23-17(10-27-11)12-5-13(20)7-14(6-12)24-19(26)15-8-18(22-9-16(15)21)25-3-2-4-28-25/h5-10H,2-4H2,1H3,(H,24,26). The third-order valence-electron chi connectivity index (χ3n) is 4.16. The summed E-state index contributed by atoms with van der Waals surface area (Å²) in [5.74, 6) is 1.48. The summed E-state index contributed by atoms with van der Waals surface area (Å²) < 4.78 is 2.08. The van der Waals surface area contributed by atoms with Crippen molar-refractivity contribution in [2.45, 2.75) is 13.3 Å². The quantitative estimate of drug-likeness (QED) is 0.498. The molecule has 0 radical (unpaired) electrons. The number of benzene rings is 1. The van der Waals surface area contributed by atoms with Crippen molar-refractivity contribution in [1.29, 1.82) is 0 Å². The van der Waals surface area contributed by atoms with Gasteiger partial charge in [0.05, 0.1) is 21.3 Å². The molecule has 0 spiro atoms. The third kappa shape index (κ3) is 4.27. The Kier molecular flexibility index (Phi) is 5.78. The number of nitrogens with one attached hydrogen (secondary N) is 1. The number of carbonyl (C=O) groups is 1. The largest absolute Gasteiger partial charge is 0.322 e. The number of hydrogen-bond donors (Lipinski definition) is 1. The molecule has 0 unspecified atom stereocenters. The fourth-order valence-corrected chi connectivity index (χ4v) is 4.89. The number of amides is 1. The molecular weight excluding hydrogens is 435 g/mol. The van der Waals surface area contributed by atoms with Gasteiger partial charge in [-0.3, -0.25) is 4.79 Å². The van der Waals surface area contributed by atoms with Crippen molar-refractivity contribution in [3.05, 3.63) is 56.5 Å². The normalized spacial score (nSPS) is 13.8. The Morgan fingerprint density at radius 2 is 2.11 bits per heavy atom. The number of hydrogen-bond acceptors (Lipinski definition) is 6. The SMILES string of the molecule is Cc1nc(-c2cc(Cl)cc(NC(=O)c3cc(N4CCCS4)ncc3Cl)c2)cs1. The molecule has 0 saturated carbocycles. The number of rotatable bonds is 4. The smallest absolute Gasteiger partial charge is 0.257 e. The van der Waals surface area contributed by atoms with Crippen LogP contribution in [-0.4, -0.2) is 28.2 Å². The summed E-state index contributed by atoms with van der Waals surface area (Å²) in [6, 6.07) is 7.11. The van der Waals surface area contributed by atoms with Gasteiger partial charge in [0.15, 0.2) is 0 Å². The first-order chi connectivity index (χ1) is 13.5. The predicted octanol–water partition coefficient (Wildman–Crippen LogP) is 5.93. The minimum Gasteiger partial charge on any atom is -0.322 e. The van der Waals surface area contributed by atoms with Crippen molar-refractivity contribution in [3.63, 3.8) is 0 Å². The minimum absolute atomic E-state index is 0.305. The molecule has 4 rings (SSSR count). The molecule has 0 bridgehead atoms. The van der Waals surface area contributed by atoms with E-state index >= 15 is 0 Å². The van der Waals surface area contributed by atoms with Crippen molar-refractivity contribution in [2.24, 2.45) is 0 Å². The number of anilines is 2. The minimum atomic E-state index is -0.305. The molecule has 9 heteroatoms. The zero-order valence-corrected chi connectivity index (χ0v) is 18.1. The highest BCUT2D eigenvalue weighted by molar-refractivity contribution is 8.00. The molecule has 1 N–H and O–H groups in total. The first-order valence-corrected chi connectivity index (χ1v) is 11.2. The Bertz CT molecular complexity index is 1030. The van der Waals surface area contributed by atoms with Gasteiger partial charge in [0.2, 0.25) is 0 Å². The molecule has 3 aromatic rings. The van der Waals surface area contributed by atoms with E-state index < -0.39 is 0 Å². The average Bonchev–Trinajstić information content (AvgIpc) is 3.33. The molecule has 144 valence electrons. The van der Waals surface area contributed by atoms with E-state index in [2.05, 4.69) is 19.6 Å². The van der Waals surface area contributed by atoms with Crippen LogP contribution in [0.2, 0.25) is 10.0 Å². The van der Waals surface area contributed by atoms with E-state index in [1.54, 1.807) is 35.4 Å². The second-order valence-corrected chi connectivity index (χ2v) is 9.26. The Hall–Kier alpha value is -1.80. The summed E-state index contributed by atoms with van der Waals surface area (Å²) in [6.07, 6.45) is 2.62. The number of carbonyl (C=O) groups excluding carboxylic acids is 1. The first kappa shape index (κ1) is 19.5. The molecular formula is C19H16Cl2N4OS2. The van der Waals surface area contributed by atoms with E-state index in [0.717, 1.165) is 40.8 Å². The van der Waals surface area contributed by atoms with Gasteiger partial charge in [0.1, 0.15) is 5.82 Å². The maximum Gasteiger partial charge on any atom is 0.257 e. The van der Waals surface area contributed by atoms with Gasteiger partial charge in [0, 0.05) is 40.1 Å². The summed E-state index contributed by atoms with van der Waals surface area (Å²) in [6.45, 7) is 2.86. The number of halogens is 2. The summed E-state index contributed by atoms with van der Waals surface area (Å²) in [4.78, 5) is 21.7. The van der Waals surface area contributed by atoms with Gasteiger partial charge in [-0.05, 0) is 49.6 Å². The summed E-state index contributed by atoms with van der Waals surface area (Å²) in [5.41, 5.74) is 2.64. The van der Waals surface area contributed by atoms with Crippen LogP contribution in [0, 0.1) is 6.92 Å². The molecule has 1 saturated heterocycles. The molecule has 1 fully saturated rings. The van der Waals surface area contributed by atoms with Crippen molar-refractivity contribution in [3.8, 4) is 11.3 Å². The van der Waals surface area contributed by atoms with Crippen LogP contribution in [0.4, 0.5) is 11.5 Å². The molecule has 2 aromatic heterocycles. The highest BCUT2D eigenvalue weighted by Gasteiger charge is 2.19. The van der Waals surface area contributed by atoms with E-state index in [1.807, 2.05) is 24.4 Å². The van der Waals surface area contributed by atoms with E-state index in [0.29, 0.717) is 21.3 Å². The molecule has 1 aromatic carbocycles. The maximum atomic E-state index is 12.9. The van der Waals surface area contributed by atoms with Crippen LogP contribution in [0.5, 0.6) is 0 Å². The Balaban J connectivity index is 1.60. The number of pyridine rings is 1. The van der Waals surface area contributed by atoms with E-state index in [1.165, 1.54) is 6.20 Å². The molecule has 0 atom stereocenters. The van der Waals surface area contributed by atoms with Crippen LogP contribution < -0.4 is 9.62 Å². The predicted molar refractivity (Wildman–Crippen MR) is 119 cm³/mol. The van der Waals surface area contributed by atoms with Gasteiger partial charge in [0.25, 0.3) is 5.91 Å². The van der Waals surface area contributed by atoms with Crippen LogP contribution in [0.25, 0.3) is 11.3 Å². The second-order valence-electron chi connectivity index (χ2n) is 6.25. The topological polar surface area (TPSA) is 58.1 Å². The third-order valence-corrected chi connectivity index (χ3v) is 6.61. The number of nitrogens with zero attached hydrogens (tertiary/aromatic N) is 3. The highest BCUT2D eigenvalue weighted by Crippen LogP contribution is 2.31. The zero-order chi connectivity index (χ0) is 19.7. The Morgan fingerprint density at radius 3 is 2.82 bits per heavy atom. The lowest BCUT2D eigenvalue weighted by molar-refractivity contribution is 0.102. The monoisotopic (exact) mass is 450 g/mol. The number of aryl methyl sites for hydroxylation is 1. The van der Waals surface area contributed by atoms with Gasteiger partial charge in [-0.2, -0.15) is 0 Å². The lowest BCUT2D eigenvalue weighted by atomic mass is 10.1. The second kappa shape index (κ2) is 8.29. The van der Waals surface area contributed by atoms with Crippen molar-refractivity contribution < 1.29 is 4.79 Å². The van der Waals surface area contributed by atoms with Gasteiger partial charge in [-0.25, -0.2) is 9.97 Å². The number of aromatic nitrogens is 2. The molecule has 3 heterocycles. The molecule has 1 aliphatic rings. The van der Waals surface area contributed by atoms with Crippen molar-refractivity contribution in [1.82, 2.24) is 9.97 Å².